The van der Waals surface area contributed by atoms with Gasteiger partial charge in [-0.3, -0.25) is 4.31 Å². The van der Waals surface area contributed by atoms with Gasteiger partial charge < -0.3 is 5.11 Å². The number of thiol groups is 1. The third-order valence-electron chi connectivity index (χ3n) is 1.93. The van der Waals surface area contributed by atoms with Crippen molar-refractivity contribution in [2.45, 2.75) is 0 Å². The van der Waals surface area contributed by atoms with Crippen molar-refractivity contribution in [1.82, 2.24) is 9.59 Å². The van der Waals surface area contributed by atoms with Gasteiger partial charge in [-0.05, 0) is 23.7 Å². The summed E-state index contributed by atoms with van der Waals surface area (Å²) >= 11 is 5.39. The minimum absolute atomic E-state index is 0.172. The van der Waals surface area contributed by atoms with Gasteiger partial charge in [0.05, 0.1) is 16.6 Å². The summed E-state index contributed by atoms with van der Waals surface area (Å²) < 4.78 is 5.09. The summed E-state index contributed by atoms with van der Waals surface area (Å²) in [6.07, 6.45) is 0. The van der Waals surface area contributed by atoms with E-state index in [9.17, 15) is 4.79 Å². The number of aromatic nitrogens is 2. The van der Waals surface area contributed by atoms with Gasteiger partial charge in [0.2, 0.25) is 0 Å². The van der Waals surface area contributed by atoms with Gasteiger partial charge in [0.15, 0.2) is 5.82 Å². The molecule has 0 unspecified atom stereocenters. The lowest BCUT2D eigenvalue weighted by molar-refractivity contribution is 0.0698. The predicted octanol–water partition coefficient (Wildman–Crippen LogP) is 2.22. The zero-order valence-electron chi connectivity index (χ0n) is 7.94. The van der Waals surface area contributed by atoms with Crippen molar-refractivity contribution in [2.75, 3.05) is 4.31 Å². The largest absolute Gasteiger partial charge is 0.478 e. The highest BCUT2D eigenvalue weighted by atomic mass is 32.1. The Kier molecular flexibility index (Phi) is 3.07. The van der Waals surface area contributed by atoms with Gasteiger partial charge in [-0.25, -0.2) is 4.79 Å². The van der Waals surface area contributed by atoms with Crippen LogP contribution in [-0.2, 0) is 0 Å². The molecule has 2 rings (SSSR count). The SMILES string of the molecule is O=C(O)c1ccccc1N(S)c1csnn1. The monoisotopic (exact) mass is 253 g/mol. The lowest BCUT2D eigenvalue weighted by Crippen LogP contribution is -2.09. The molecule has 0 atom stereocenters. The van der Waals surface area contributed by atoms with Crippen LogP contribution in [-0.4, -0.2) is 20.7 Å². The lowest BCUT2D eigenvalue weighted by Gasteiger charge is -2.15. The number of rotatable bonds is 3. The first-order valence-corrected chi connectivity index (χ1v) is 5.52. The summed E-state index contributed by atoms with van der Waals surface area (Å²) in [5, 5.41) is 14.5. The van der Waals surface area contributed by atoms with Crippen LogP contribution in [0.25, 0.3) is 0 Å². The van der Waals surface area contributed by atoms with Gasteiger partial charge in [-0.15, -0.1) is 5.10 Å². The number of para-hydroxylation sites is 1. The van der Waals surface area contributed by atoms with Crippen LogP contribution in [0.5, 0.6) is 0 Å². The van der Waals surface area contributed by atoms with Crippen LogP contribution in [0.1, 0.15) is 10.4 Å². The number of carboxylic acids is 1. The molecule has 16 heavy (non-hydrogen) atoms. The Labute approximate surface area is 101 Å². The van der Waals surface area contributed by atoms with E-state index in [2.05, 4.69) is 22.4 Å². The number of benzene rings is 1. The molecule has 0 fully saturated rings. The molecule has 1 N–H and O–H groups in total. The van der Waals surface area contributed by atoms with Crippen LogP contribution >= 0.6 is 24.3 Å². The van der Waals surface area contributed by atoms with E-state index in [0.29, 0.717) is 11.5 Å². The smallest absolute Gasteiger partial charge is 0.337 e. The number of hydrogen-bond donors (Lipinski definition) is 2. The Morgan fingerprint density at radius 3 is 2.81 bits per heavy atom. The molecular formula is C9H7N3O2S2. The molecule has 0 aliphatic rings. The molecule has 0 saturated heterocycles. The quantitative estimate of drug-likeness (QED) is 0.821. The second-order valence-corrected chi connectivity index (χ2v) is 3.91. The summed E-state index contributed by atoms with van der Waals surface area (Å²) in [7, 11) is 0. The molecule has 1 heterocycles. The number of anilines is 2. The average molecular weight is 253 g/mol. The summed E-state index contributed by atoms with van der Waals surface area (Å²) in [5.74, 6) is -0.500. The maximum atomic E-state index is 11.0. The third kappa shape index (κ3) is 2.00. The minimum atomic E-state index is -1.00. The van der Waals surface area contributed by atoms with Crippen molar-refractivity contribution in [3.8, 4) is 0 Å². The molecule has 0 spiro atoms. The lowest BCUT2D eigenvalue weighted by atomic mass is 10.2. The molecule has 1 aromatic carbocycles. The van der Waals surface area contributed by atoms with Gasteiger partial charge >= 0.3 is 5.97 Å². The molecule has 0 amide bonds. The first-order chi connectivity index (χ1) is 7.70. The molecule has 0 bridgehead atoms. The number of carbonyl (C=O) groups is 1. The van der Waals surface area contributed by atoms with E-state index >= 15 is 0 Å². The summed E-state index contributed by atoms with van der Waals surface area (Å²) in [5.41, 5.74) is 0.636. The zero-order chi connectivity index (χ0) is 11.5. The Morgan fingerprint density at radius 2 is 2.19 bits per heavy atom. The van der Waals surface area contributed by atoms with Gasteiger partial charge in [-0.1, -0.05) is 29.4 Å². The van der Waals surface area contributed by atoms with Gasteiger partial charge in [-0.2, -0.15) is 0 Å². The highest BCUT2D eigenvalue weighted by Gasteiger charge is 2.15. The maximum absolute atomic E-state index is 11.0. The standard InChI is InChI=1S/C9H7N3O2S2/c13-9(14)6-3-1-2-4-7(6)12(15)8-5-16-11-10-8/h1-5,15H,(H,13,14). The van der Waals surface area contributed by atoms with E-state index in [4.69, 9.17) is 5.11 Å². The molecule has 0 aliphatic carbocycles. The van der Waals surface area contributed by atoms with Crippen molar-refractivity contribution < 1.29 is 9.90 Å². The molecule has 2 aromatic rings. The molecular weight excluding hydrogens is 246 g/mol. The maximum Gasteiger partial charge on any atom is 0.337 e. The highest BCUT2D eigenvalue weighted by molar-refractivity contribution is 7.82. The minimum Gasteiger partial charge on any atom is -0.478 e. The van der Waals surface area contributed by atoms with Crippen LogP contribution in [0, 0.1) is 0 Å². The van der Waals surface area contributed by atoms with E-state index in [0.717, 1.165) is 0 Å². The van der Waals surface area contributed by atoms with E-state index < -0.39 is 5.97 Å². The van der Waals surface area contributed by atoms with Gasteiger partial charge in [0.1, 0.15) is 0 Å². The van der Waals surface area contributed by atoms with Crippen LogP contribution < -0.4 is 4.31 Å². The Morgan fingerprint density at radius 1 is 1.44 bits per heavy atom. The topological polar surface area (TPSA) is 66.3 Å². The summed E-state index contributed by atoms with van der Waals surface area (Å²) in [6, 6.07) is 6.58. The second-order valence-electron chi connectivity index (χ2n) is 2.90. The number of hydrogen-bond acceptors (Lipinski definition) is 6. The van der Waals surface area contributed by atoms with E-state index in [1.54, 1.807) is 23.6 Å². The van der Waals surface area contributed by atoms with E-state index in [-0.39, 0.29) is 5.56 Å². The third-order valence-corrected chi connectivity index (χ3v) is 2.84. The van der Waals surface area contributed by atoms with Crippen molar-refractivity contribution in [3.63, 3.8) is 0 Å². The molecule has 0 aliphatic heterocycles. The molecule has 82 valence electrons. The van der Waals surface area contributed by atoms with Crippen LogP contribution in [0.4, 0.5) is 11.5 Å². The first kappa shape index (κ1) is 10.9. The normalized spacial score (nSPS) is 10.1. The van der Waals surface area contributed by atoms with Crippen molar-refractivity contribution in [1.29, 1.82) is 0 Å². The van der Waals surface area contributed by atoms with E-state index in [1.165, 1.54) is 21.9 Å². The Balaban J connectivity index is 2.44. The van der Waals surface area contributed by atoms with Crippen LogP contribution in [0.3, 0.4) is 0 Å². The first-order valence-electron chi connectivity index (χ1n) is 4.28. The molecule has 5 nitrogen and oxygen atoms in total. The fourth-order valence-corrected chi connectivity index (χ4v) is 1.99. The zero-order valence-corrected chi connectivity index (χ0v) is 9.65. The number of aromatic carboxylic acids is 1. The fraction of sp³-hybridized carbons (Fsp3) is 0. The predicted molar refractivity (Wildman–Crippen MR) is 64.4 cm³/mol. The van der Waals surface area contributed by atoms with E-state index in [1.807, 2.05) is 0 Å². The molecule has 7 heteroatoms. The summed E-state index contributed by atoms with van der Waals surface area (Å²) in [4.78, 5) is 11.0. The Hall–Kier alpha value is -1.60. The molecule has 0 radical (unpaired) electrons. The average Bonchev–Trinajstić information content (AvgIpc) is 2.81. The van der Waals surface area contributed by atoms with Crippen LogP contribution in [0.2, 0.25) is 0 Å². The fourth-order valence-electron chi connectivity index (χ4n) is 1.21. The van der Waals surface area contributed by atoms with Gasteiger partial charge in [0, 0.05) is 0 Å². The number of carboxylic acid groups (broad SMARTS) is 1. The summed E-state index contributed by atoms with van der Waals surface area (Å²) in [6.45, 7) is 0. The second kappa shape index (κ2) is 4.50. The Bertz CT molecular complexity index is 501. The van der Waals surface area contributed by atoms with Crippen molar-refractivity contribution in [3.05, 3.63) is 35.2 Å². The van der Waals surface area contributed by atoms with Gasteiger partial charge in [0.25, 0.3) is 0 Å². The number of nitrogens with zero attached hydrogens (tertiary/aromatic N) is 3. The molecule has 1 aromatic heterocycles. The highest BCUT2D eigenvalue weighted by Crippen LogP contribution is 2.29. The molecule has 0 saturated carbocycles. The van der Waals surface area contributed by atoms with Crippen molar-refractivity contribution in [2.24, 2.45) is 0 Å². The van der Waals surface area contributed by atoms with Crippen LogP contribution in [0.15, 0.2) is 29.6 Å². The van der Waals surface area contributed by atoms with Crippen molar-refractivity contribution >= 4 is 41.8 Å².